The average Bonchev–Trinajstić information content (AvgIpc) is 2.58. The molecule has 1 aromatic rings. The minimum absolute atomic E-state index is 0.183. The summed E-state index contributed by atoms with van der Waals surface area (Å²) in [6.45, 7) is 9.07. The maximum Gasteiger partial charge on any atom is 0.331 e. The zero-order valence-corrected chi connectivity index (χ0v) is 18.4. The molecule has 1 unspecified atom stereocenters. The third kappa shape index (κ3) is 11.6. The number of carbonyl (C=O) groups excluding carboxylic acids is 1. The van der Waals surface area contributed by atoms with Crippen LogP contribution >= 0.6 is 7.60 Å². The number of esters is 1. The van der Waals surface area contributed by atoms with Gasteiger partial charge in [0.1, 0.15) is 0 Å². The highest BCUT2D eigenvalue weighted by Gasteiger charge is 2.29. The fourth-order valence-electron chi connectivity index (χ4n) is 2.39. The van der Waals surface area contributed by atoms with E-state index in [1.807, 2.05) is 58.0 Å². The molecule has 1 rings (SSSR count). The Labute approximate surface area is 168 Å². The van der Waals surface area contributed by atoms with Crippen LogP contribution in [0.2, 0.25) is 0 Å². The van der Waals surface area contributed by atoms with Gasteiger partial charge in [0.25, 0.3) is 0 Å². The maximum absolute atomic E-state index is 13.0. The van der Waals surface area contributed by atoms with Crippen LogP contribution in [0, 0.1) is 0 Å². The molecule has 160 valence electrons. The first kappa shape index (κ1) is 24.8. The molecule has 1 atom stereocenters. The predicted molar refractivity (Wildman–Crippen MR) is 107 cm³/mol. The van der Waals surface area contributed by atoms with Gasteiger partial charge in [-0.05, 0) is 39.7 Å². The second-order valence-electron chi connectivity index (χ2n) is 6.97. The molecule has 7 nitrogen and oxygen atoms in total. The normalized spacial score (nSPS) is 13.1. The lowest BCUT2D eigenvalue weighted by Crippen LogP contribution is -2.24. The Morgan fingerprint density at radius 2 is 1.64 bits per heavy atom. The monoisotopic (exact) mass is 416 g/mol. The van der Waals surface area contributed by atoms with Crippen molar-refractivity contribution in [2.24, 2.45) is 0 Å². The van der Waals surface area contributed by atoms with Crippen LogP contribution in [0.25, 0.3) is 0 Å². The van der Waals surface area contributed by atoms with E-state index in [1.165, 1.54) is 6.92 Å². The van der Waals surface area contributed by atoms with Gasteiger partial charge in [0.05, 0.1) is 37.7 Å². The Morgan fingerprint density at radius 3 is 2.18 bits per heavy atom. The molecular weight excluding hydrogens is 383 g/mol. The summed E-state index contributed by atoms with van der Waals surface area (Å²) in [5.74, 6) is -0.430. The van der Waals surface area contributed by atoms with E-state index >= 15 is 0 Å². The smallest absolute Gasteiger partial charge is 0.331 e. The third-order valence-electron chi connectivity index (χ3n) is 3.45. The summed E-state index contributed by atoms with van der Waals surface area (Å²) in [4.78, 5) is 11.0. The molecule has 0 aliphatic heterocycles. The van der Waals surface area contributed by atoms with Crippen molar-refractivity contribution in [1.29, 1.82) is 0 Å². The zero-order valence-electron chi connectivity index (χ0n) is 17.5. The molecule has 0 aromatic heterocycles. The molecule has 28 heavy (non-hydrogen) atoms. The third-order valence-corrected chi connectivity index (χ3v) is 5.74. The molecule has 0 bridgehead atoms. The predicted octanol–water partition coefficient (Wildman–Crippen LogP) is 4.54. The quantitative estimate of drug-likeness (QED) is 0.250. The van der Waals surface area contributed by atoms with Crippen LogP contribution in [0.15, 0.2) is 30.3 Å². The van der Waals surface area contributed by atoms with Gasteiger partial charge in [-0.2, -0.15) is 0 Å². The van der Waals surface area contributed by atoms with E-state index in [4.69, 9.17) is 23.3 Å². The lowest BCUT2D eigenvalue weighted by molar-refractivity contribution is -0.161. The minimum Gasteiger partial charge on any atom is -0.439 e. The Morgan fingerprint density at radius 1 is 1.04 bits per heavy atom. The molecule has 0 aliphatic carbocycles. The first-order valence-corrected chi connectivity index (χ1v) is 11.3. The lowest BCUT2D eigenvalue weighted by Gasteiger charge is -2.25. The van der Waals surface area contributed by atoms with Crippen LogP contribution in [-0.4, -0.2) is 43.8 Å². The number of ether oxygens (including phenoxy) is 3. The minimum atomic E-state index is -3.27. The van der Waals surface area contributed by atoms with Gasteiger partial charge < -0.3 is 23.3 Å². The molecule has 0 aliphatic rings. The van der Waals surface area contributed by atoms with E-state index in [2.05, 4.69) is 0 Å². The molecular formula is C20H33O7P. The molecule has 0 heterocycles. The lowest BCUT2D eigenvalue weighted by atomic mass is 10.2. The van der Waals surface area contributed by atoms with Crippen molar-refractivity contribution in [1.82, 2.24) is 0 Å². The van der Waals surface area contributed by atoms with Gasteiger partial charge in [-0.1, -0.05) is 30.3 Å². The van der Waals surface area contributed by atoms with E-state index in [1.54, 1.807) is 0 Å². The summed E-state index contributed by atoms with van der Waals surface area (Å²) in [5.41, 5.74) is 1.04. The Hall–Kier alpha value is -1.24. The van der Waals surface area contributed by atoms with Gasteiger partial charge in [0, 0.05) is 6.92 Å². The van der Waals surface area contributed by atoms with E-state index < -0.39 is 19.7 Å². The van der Waals surface area contributed by atoms with Gasteiger partial charge in [-0.3, -0.25) is 9.36 Å². The molecule has 0 radical (unpaired) electrons. The standard InChI is InChI=1S/C20H33O7P/c1-16(2)26-28(22,27-17(3)4)12-11-20(25-15-24-18(5)21)14-23-13-19-9-7-6-8-10-19/h6-10,16-17,20H,11-15H2,1-5H3. The molecule has 1 aromatic carbocycles. The highest BCUT2D eigenvalue weighted by Crippen LogP contribution is 2.51. The van der Waals surface area contributed by atoms with Crippen molar-refractivity contribution < 1.29 is 32.6 Å². The molecule has 0 fully saturated rings. The number of carbonyl (C=O) groups is 1. The molecule has 0 amide bonds. The van der Waals surface area contributed by atoms with Crippen LogP contribution in [0.3, 0.4) is 0 Å². The summed E-state index contributed by atoms with van der Waals surface area (Å²) >= 11 is 0. The number of hydrogen-bond donors (Lipinski definition) is 0. The Balaban J connectivity index is 2.62. The SMILES string of the molecule is CC(=O)OCOC(CCP(=O)(OC(C)C)OC(C)C)COCc1ccccc1. The van der Waals surface area contributed by atoms with Crippen molar-refractivity contribution >= 4 is 13.6 Å². The van der Waals surface area contributed by atoms with Crippen LogP contribution < -0.4 is 0 Å². The maximum atomic E-state index is 13.0. The molecule has 0 saturated carbocycles. The number of benzene rings is 1. The van der Waals surface area contributed by atoms with Crippen LogP contribution in [0.4, 0.5) is 0 Å². The topological polar surface area (TPSA) is 80.3 Å². The first-order chi connectivity index (χ1) is 13.2. The summed E-state index contributed by atoms with van der Waals surface area (Å²) < 4.78 is 40.3. The number of hydrogen-bond acceptors (Lipinski definition) is 7. The van der Waals surface area contributed by atoms with E-state index in [0.29, 0.717) is 13.0 Å². The van der Waals surface area contributed by atoms with Gasteiger partial charge in [0.2, 0.25) is 0 Å². The highest BCUT2D eigenvalue weighted by molar-refractivity contribution is 7.53. The molecule has 8 heteroatoms. The van der Waals surface area contributed by atoms with Crippen LogP contribution in [0.5, 0.6) is 0 Å². The van der Waals surface area contributed by atoms with Crippen LogP contribution in [0.1, 0.15) is 46.6 Å². The molecule has 0 saturated heterocycles. The van der Waals surface area contributed by atoms with Gasteiger partial charge in [-0.25, -0.2) is 0 Å². The van der Waals surface area contributed by atoms with E-state index in [9.17, 15) is 9.36 Å². The highest BCUT2D eigenvalue weighted by atomic mass is 31.2. The molecule has 0 spiro atoms. The van der Waals surface area contributed by atoms with E-state index in [0.717, 1.165) is 5.56 Å². The van der Waals surface area contributed by atoms with Gasteiger partial charge >= 0.3 is 13.6 Å². The second kappa shape index (κ2) is 13.1. The summed E-state index contributed by atoms with van der Waals surface area (Å²) in [5, 5.41) is 0. The van der Waals surface area contributed by atoms with Gasteiger partial charge in [-0.15, -0.1) is 0 Å². The fourth-order valence-corrected chi connectivity index (χ4v) is 4.53. The summed E-state index contributed by atoms with van der Waals surface area (Å²) in [7, 11) is -3.27. The van der Waals surface area contributed by atoms with Crippen molar-refractivity contribution in [3.8, 4) is 0 Å². The Kier molecular flexibility index (Phi) is 11.6. The summed E-state index contributed by atoms with van der Waals surface area (Å²) in [6, 6.07) is 9.76. The first-order valence-electron chi connectivity index (χ1n) is 9.52. The van der Waals surface area contributed by atoms with Gasteiger partial charge in [0.15, 0.2) is 6.79 Å². The second-order valence-corrected chi connectivity index (χ2v) is 9.07. The number of rotatable bonds is 14. The van der Waals surface area contributed by atoms with Crippen LogP contribution in [-0.2, 0) is 39.2 Å². The van der Waals surface area contributed by atoms with Crippen molar-refractivity contribution in [2.75, 3.05) is 19.6 Å². The largest absolute Gasteiger partial charge is 0.439 e. The fraction of sp³-hybridized carbons (Fsp3) is 0.650. The molecule has 0 N–H and O–H groups in total. The van der Waals surface area contributed by atoms with E-state index in [-0.39, 0.29) is 31.8 Å². The Bertz CT molecular complexity index is 590. The average molecular weight is 416 g/mol. The zero-order chi connectivity index (χ0) is 21.0. The van der Waals surface area contributed by atoms with Crippen molar-refractivity contribution in [2.45, 2.75) is 66.0 Å². The summed E-state index contributed by atoms with van der Waals surface area (Å²) in [6.07, 6.45) is -0.295. The van der Waals surface area contributed by atoms with Crippen molar-refractivity contribution in [3.63, 3.8) is 0 Å². The van der Waals surface area contributed by atoms with Crippen molar-refractivity contribution in [3.05, 3.63) is 35.9 Å².